The lowest BCUT2D eigenvalue weighted by Crippen LogP contribution is -2.59. The lowest BCUT2D eigenvalue weighted by atomic mass is 9.80. The van der Waals surface area contributed by atoms with Crippen LogP contribution in [0.5, 0.6) is 11.5 Å². The van der Waals surface area contributed by atoms with E-state index in [2.05, 4.69) is 12.2 Å². The first-order chi connectivity index (χ1) is 12.4. The maximum Gasteiger partial charge on any atom is 0.404 e. The van der Waals surface area contributed by atoms with Crippen molar-refractivity contribution in [3.8, 4) is 11.5 Å². The smallest absolute Gasteiger partial charge is 0.404 e. The van der Waals surface area contributed by atoms with Crippen LogP contribution in [0.25, 0.3) is 0 Å². The molecular weight excluding hydrogens is 336 g/mol. The quantitative estimate of drug-likeness (QED) is 0.777. The molecule has 1 aliphatic rings. The van der Waals surface area contributed by atoms with Crippen molar-refractivity contribution in [3.05, 3.63) is 23.8 Å². The van der Waals surface area contributed by atoms with Crippen LogP contribution < -0.4 is 14.8 Å². The fraction of sp³-hybridized carbons (Fsp3) is 0.579. The van der Waals surface area contributed by atoms with Crippen LogP contribution in [0.1, 0.15) is 44.6 Å². The summed E-state index contributed by atoms with van der Waals surface area (Å²) >= 11 is 0. The van der Waals surface area contributed by atoms with Gasteiger partial charge in [-0.3, -0.25) is 4.79 Å². The van der Waals surface area contributed by atoms with E-state index < -0.39 is 12.1 Å². The number of methoxy groups -OCH3 is 2. The van der Waals surface area contributed by atoms with Gasteiger partial charge in [0.05, 0.1) is 20.3 Å². The van der Waals surface area contributed by atoms with Crippen LogP contribution in [0, 0.1) is 0 Å². The molecule has 1 aromatic carbocycles. The molecule has 2 rings (SSSR count). The Kier molecular flexibility index (Phi) is 6.71. The molecule has 1 aromatic rings. The number of amides is 2. The van der Waals surface area contributed by atoms with Crippen molar-refractivity contribution in [2.75, 3.05) is 20.8 Å². The molecule has 0 spiro atoms. The number of hydrogen-bond acceptors (Lipinski definition) is 4. The van der Waals surface area contributed by atoms with Crippen LogP contribution in [0.3, 0.4) is 0 Å². The highest BCUT2D eigenvalue weighted by molar-refractivity contribution is 5.79. The van der Waals surface area contributed by atoms with E-state index >= 15 is 0 Å². The first-order valence-electron chi connectivity index (χ1n) is 8.93. The summed E-state index contributed by atoms with van der Waals surface area (Å²) in [6.45, 7) is 4.61. The predicted molar refractivity (Wildman–Crippen MR) is 97.9 cm³/mol. The monoisotopic (exact) mass is 364 g/mol. The Bertz CT molecular complexity index is 627. The summed E-state index contributed by atoms with van der Waals surface area (Å²) in [5.74, 6) is 0.987. The Balaban J connectivity index is 2.39. The molecule has 0 bridgehead atoms. The Morgan fingerprint density at radius 1 is 1.27 bits per heavy atom. The molecule has 0 radical (unpaired) electrons. The molecule has 0 aromatic heterocycles. The average Bonchev–Trinajstić information content (AvgIpc) is 2.62. The minimum Gasteiger partial charge on any atom is -0.497 e. The lowest BCUT2D eigenvalue weighted by molar-refractivity contribution is -0.138. The predicted octanol–water partition coefficient (Wildman–Crippen LogP) is 2.84. The molecule has 0 saturated carbocycles. The van der Waals surface area contributed by atoms with E-state index in [0.29, 0.717) is 18.0 Å². The molecule has 2 amide bonds. The third-order valence-electron chi connectivity index (χ3n) is 5.00. The third-order valence-corrected chi connectivity index (χ3v) is 5.00. The molecule has 3 atom stereocenters. The van der Waals surface area contributed by atoms with Gasteiger partial charge in [-0.05, 0) is 31.0 Å². The first-order valence-corrected chi connectivity index (χ1v) is 8.93. The summed E-state index contributed by atoms with van der Waals surface area (Å²) < 4.78 is 10.6. The van der Waals surface area contributed by atoms with Crippen molar-refractivity contribution in [3.63, 3.8) is 0 Å². The number of rotatable bonds is 7. The number of nitrogens with one attached hydrogen (secondary N) is 1. The Labute approximate surface area is 154 Å². The molecule has 1 saturated heterocycles. The van der Waals surface area contributed by atoms with Crippen molar-refractivity contribution >= 4 is 12.0 Å². The first kappa shape index (κ1) is 19.9. The number of unbranched alkanes of at least 4 members (excludes halogenated alkanes) is 1. The van der Waals surface area contributed by atoms with Gasteiger partial charge in [0.25, 0.3) is 0 Å². The molecule has 144 valence electrons. The molecule has 7 nitrogen and oxygen atoms in total. The van der Waals surface area contributed by atoms with Gasteiger partial charge in [-0.15, -0.1) is 0 Å². The minimum absolute atomic E-state index is 0.0428. The molecule has 26 heavy (non-hydrogen) atoms. The van der Waals surface area contributed by atoms with Crippen LogP contribution >= 0.6 is 0 Å². The second kappa shape index (κ2) is 8.78. The summed E-state index contributed by atoms with van der Waals surface area (Å²) in [4.78, 5) is 25.9. The second-order valence-electron chi connectivity index (χ2n) is 6.61. The van der Waals surface area contributed by atoms with Crippen molar-refractivity contribution < 1.29 is 24.2 Å². The van der Waals surface area contributed by atoms with E-state index in [1.165, 1.54) is 0 Å². The van der Waals surface area contributed by atoms with E-state index in [1.54, 1.807) is 25.2 Å². The minimum atomic E-state index is -1.09. The molecule has 2 N–H and O–H groups in total. The Hall–Kier alpha value is -2.44. The van der Waals surface area contributed by atoms with Crippen LogP contribution in [-0.2, 0) is 4.79 Å². The van der Waals surface area contributed by atoms with E-state index in [4.69, 9.17) is 9.47 Å². The number of carboxylic acid groups (broad SMARTS) is 1. The highest BCUT2D eigenvalue weighted by Gasteiger charge is 2.41. The van der Waals surface area contributed by atoms with Gasteiger partial charge in [0.15, 0.2) is 0 Å². The van der Waals surface area contributed by atoms with Gasteiger partial charge in [0.2, 0.25) is 5.91 Å². The summed E-state index contributed by atoms with van der Waals surface area (Å²) in [6, 6.07) is 4.79. The zero-order chi connectivity index (χ0) is 19.3. The molecule has 1 fully saturated rings. The maximum atomic E-state index is 12.7. The zero-order valence-electron chi connectivity index (χ0n) is 15.8. The highest BCUT2D eigenvalue weighted by Crippen LogP contribution is 2.36. The van der Waals surface area contributed by atoms with Crippen LogP contribution in [0.4, 0.5) is 4.79 Å². The number of benzene rings is 1. The van der Waals surface area contributed by atoms with Gasteiger partial charge in [0.1, 0.15) is 11.5 Å². The standard InChI is InChI=1S/C19H28N2O5/c1-5-6-7-21-12(2)18(20-19(23)24)16(11-17(21)22)13-8-14(25-3)10-15(9-13)26-4/h8-10,12,16,18,20H,5-7,11H2,1-4H3,(H,23,24). The van der Waals surface area contributed by atoms with Gasteiger partial charge in [-0.2, -0.15) is 0 Å². The van der Waals surface area contributed by atoms with Gasteiger partial charge in [-0.1, -0.05) is 13.3 Å². The fourth-order valence-electron chi connectivity index (χ4n) is 3.58. The number of piperidine rings is 1. The van der Waals surface area contributed by atoms with Crippen LogP contribution in [0.2, 0.25) is 0 Å². The molecule has 1 heterocycles. The van der Waals surface area contributed by atoms with E-state index in [9.17, 15) is 14.7 Å². The zero-order valence-corrected chi connectivity index (χ0v) is 15.8. The molecule has 3 unspecified atom stereocenters. The van der Waals surface area contributed by atoms with Gasteiger partial charge in [0, 0.05) is 31.0 Å². The van der Waals surface area contributed by atoms with Crippen molar-refractivity contribution in [1.82, 2.24) is 10.2 Å². The van der Waals surface area contributed by atoms with Crippen LogP contribution in [0.15, 0.2) is 18.2 Å². The van der Waals surface area contributed by atoms with E-state index in [0.717, 1.165) is 18.4 Å². The number of carbonyl (C=O) groups is 2. The molecular formula is C19H28N2O5. The second-order valence-corrected chi connectivity index (χ2v) is 6.61. The largest absolute Gasteiger partial charge is 0.497 e. The fourth-order valence-corrected chi connectivity index (χ4v) is 3.58. The number of ether oxygens (including phenoxy) is 2. The van der Waals surface area contributed by atoms with E-state index in [1.807, 2.05) is 19.1 Å². The van der Waals surface area contributed by atoms with Gasteiger partial charge in [-0.25, -0.2) is 4.79 Å². The van der Waals surface area contributed by atoms with Gasteiger partial charge < -0.3 is 24.8 Å². The number of carbonyl (C=O) groups excluding carboxylic acids is 1. The summed E-state index contributed by atoms with van der Waals surface area (Å²) in [6.07, 6.45) is 1.03. The summed E-state index contributed by atoms with van der Waals surface area (Å²) in [5, 5.41) is 11.9. The van der Waals surface area contributed by atoms with Gasteiger partial charge >= 0.3 is 6.09 Å². The molecule has 1 aliphatic heterocycles. The van der Waals surface area contributed by atoms with E-state index in [-0.39, 0.29) is 24.3 Å². The average molecular weight is 364 g/mol. The normalized spacial score (nSPS) is 22.8. The van der Waals surface area contributed by atoms with Crippen LogP contribution in [-0.4, -0.2) is 54.9 Å². The topological polar surface area (TPSA) is 88.1 Å². The number of nitrogens with zero attached hydrogens (tertiary/aromatic N) is 1. The molecule has 7 heteroatoms. The third kappa shape index (κ3) is 4.39. The highest BCUT2D eigenvalue weighted by atomic mass is 16.5. The maximum absolute atomic E-state index is 12.7. The van der Waals surface area contributed by atoms with Crippen molar-refractivity contribution in [2.45, 2.75) is 51.1 Å². The summed E-state index contributed by atoms with van der Waals surface area (Å²) in [7, 11) is 3.12. The van der Waals surface area contributed by atoms with Crippen molar-refractivity contribution in [1.29, 1.82) is 0 Å². The Morgan fingerprint density at radius 3 is 2.38 bits per heavy atom. The number of hydrogen-bond donors (Lipinski definition) is 2. The molecule has 0 aliphatic carbocycles. The SMILES string of the molecule is CCCCN1C(=O)CC(c2cc(OC)cc(OC)c2)C(NC(=O)O)C1C. The van der Waals surface area contributed by atoms with Crippen molar-refractivity contribution in [2.24, 2.45) is 0 Å². The lowest BCUT2D eigenvalue weighted by Gasteiger charge is -2.44. The number of likely N-dealkylation sites (tertiary alicyclic amines) is 1. The Morgan fingerprint density at radius 2 is 1.88 bits per heavy atom. The summed E-state index contributed by atoms with van der Waals surface area (Å²) in [5.41, 5.74) is 0.829.